The van der Waals surface area contributed by atoms with Crippen molar-refractivity contribution in [1.82, 2.24) is 4.72 Å². The molecule has 166 valence electrons. The Labute approximate surface area is 177 Å². The average Bonchev–Trinajstić information content (AvgIpc) is 3.13. The molecule has 7 nitrogen and oxygen atoms in total. The molecule has 1 unspecified atom stereocenters. The third kappa shape index (κ3) is 5.35. The van der Waals surface area contributed by atoms with Crippen LogP contribution in [0.5, 0.6) is 0 Å². The summed E-state index contributed by atoms with van der Waals surface area (Å²) in [5, 5.41) is 4.96. The van der Waals surface area contributed by atoms with E-state index >= 15 is 0 Å². The van der Waals surface area contributed by atoms with Crippen molar-refractivity contribution in [2.45, 2.75) is 43.5 Å². The standard InChI is InChI=1S/C20H20F3N3O4S/c1-13(2)30-19(27)25-31(28,29)16-10-8-15(9-11-16)26-17(14-6-4-3-5-7-14)12-18(24-26)20(21,22)23/h3-11,13,17H,12H2,1-2H3,(H,25,27). The highest BCUT2D eigenvalue weighted by molar-refractivity contribution is 7.90. The third-order valence-corrected chi connectivity index (χ3v) is 5.72. The van der Waals surface area contributed by atoms with Gasteiger partial charge >= 0.3 is 12.3 Å². The van der Waals surface area contributed by atoms with Crippen LogP contribution >= 0.6 is 0 Å². The number of nitrogens with one attached hydrogen (secondary N) is 1. The Morgan fingerprint density at radius 2 is 1.74 bits per heavy atom. The maximum absolute atomic E-state index is 13.3. The number of carbonyl (C=O) groups is 1. The summed E-state index contributed by atoms with van der Waals surface area (Å²) < 4.78 is 71.0. The van der Waals surface area contributed by atoms with E-state index in [0.29, 0.717) is 5.56 Å². The van der Waals surface area contributed by atoms with Crippen LogP contribution in [0.4, 0.5) is 23.7 Å². The van der Waals surface area contributed by atoms with Gasteiger partial charge in [-0.05, 0) is 43.7 Å². The van der Waals surface area contributed by atoms with E-state index in [0.717, 1.165) is 0 Å². The van der Waals surface area contributed by atoms with E-state index in [1.165, 1.54) is 29.3 Å². The summed E-state index contributed by atoms with van der Waals surface area (Å²) in [5.74, 6) is 0. The number of rotatable bonds is 5. The molecule has 2 aromatic rings. The van der Waals surface area contributed by atoms with Gasteiger partial charge in [-0.1, -0.05) is 30.3 Å². The number of hydrazone groups is 1. The van der Waals surface area contributed by atoms with Gasteiger partial charge in [0, 0.05) is 6.42 Å². The lowest BCUT2D eigenvalue weighted by molar-refractivity contribution is -0.0600. The molecule has 0 saturated heterocycles. The van der Waals surface area contributed by atoms with E-state index in [4.69, 9.17) is 4.74 Å². The number of ether oxygens (including phenoxy) is 1. The highest BCUT2D eigenvalue weighted by Gasteiger charge is 2.43. The van der Waals surface area contributed by atoms with Crippen molar-refractivity contribution in [3.63, 3.8) is 0 Å². The van der Waals surface area contributed by atoms with E-state index in [1.807, 2.05) is 0 Å². The zero-order valence-corrected chi connectivity index (χ0v) is 17.4. The fraction of sp³-hybridized carbons (Fsp3) is 0.300. The minimum absolute atomic E-state index is 0.243. The number of halogens is 3. The molecule has 0 radical (unpaired) electrons. The van der Waals surface area contributed by atoms with E-state index in [-0.39, 0.29) is 17.0 Å². The van der Waals surface area contributed by atoms with E-state index in [9.17, 15) is 26.4 Å². The molecule has 11 heteroatoms. The summed E-state index contributed by atoms with van der Waals surface area (Å²) >= 11 is 0. The predicted molar refractivity (Wildman–Crippen MR) is 108 cm³/mol. The SMILES string of the molecule is CC(C)OC(=O)NS(=O)(=O)c1ccc(N2N=C(C(F)(F)F)CC2c2ccccc2)cc1. The molecule has 1 aliphatic heterocycles. The fourth-order valence-electron chi connectivity index (χ4n) is 3.04. The fourth-order valence-corrected chi connectivity index (χ4v) is 3.92. The highest BCUT2D eigenvalue weighted by Crippen LogP contribution is 2.39. The van der Waals surface area contributed by atoms with Crippen LogP contribution in [0.1, 0.15) is 31.9 Å². The van der Waals surface area contributed by atoms with Gasteiger partial charge in [0.15, 0.2) is 0 Å². The number of nitrogens with zero attached hydrogens (tertiary/aromatic N) is 2. The molecule has 0 saturated carbocycles. The minimum Gasteiger partial charge on any atom is -0.446 e. The molecule has 0 bridgehead atoms. The van der Waals surface area contributed by atoms with Gasteiger partial charge in [-0.3, -0.25) is 5.01 Å². The minimum atomic E-state index is -4.58. The number of hydrogen-bond donors (Lipinski definition) is 1. The number of carbonyl (C=O) groups excluding carboxylic acids is 1. The molecule has 3 rings (SSSR count). The van der Waals surface area contributed by atoms with Gasteiger partial charge in [0.2, 0.25) is 0 Å². The number of alkyl halides is 3. The topological polar surface area (TPSA) is 88.1 Å². The van der Waals surface area contributed by atoms with E-state index < -0.39 is 40.2 Å². The Kier molecular flexibility index (Phi) is 6.25. The summed E-state index contributed by atoms with van der Waals surface area (Å²) in [7, 11) is -4.20. The normalized spacial score (nSPS) is 16.9. The summed E-state index contributed by atoms with van der Waals surface area (Å²) in [6, 6.07) is 12.9. The second-order valence-corrected chi connectivity index (χ2v) is 8.76. The first kappa shape index (κ1) is 22.6. The zero-order chi connectivity index (χ0) is 22.8. The molecular weight excluding hydrogens is 435 g/mol. The number of amides is 1. The Bertz CT molecular complexity index is 1070. The van der Waals surface area contributed by atoms with Gasteiger partial charge in [0.1, 0.15) is 5.71 Å². The van der Waals surface area contributed by atoms with Crippen LogP contribution in [0.2, 0.25) is 0 Å². The van der Waals surface area contributed by atoms with Crippen LogP contribution < -0.4 is 9.73 Å². The maximum Gasteiger partial charge on any atom is 0.431 e. The van der Waals surface area contributed by atoms with Crippen molar-refractivity contribution in [3.05, 3.63) is 60.2 Å². The first-order valence-corrected chi connectivity index (χ1v) is 10.8. The molecule has 0 aromatic heterocycles. The molecule has 1 aliphatic rings. The lowest BCUT2D eigenvalue weighted by Crippen LogP contribution is -2.32. The van der Waals surface area contributed by atoms with Crippen LogP contribution in [0, 0.1) is 0 Å². The number of hydrogen-bond acceptors (Lipinski definition) is 6. The first-order valence-electron chi connectivity index (χ1n) is 9.30. The van der Waals surface area contributed by atoms with Crippen LogP contribution in [0.25, 0.3) is 0 Å². The van der Waals surface area contributed by atoms with Crippen molar-refractivity contribution in [2.24, 2.45) is 5.10 Å². The van der Waals surface area contributed by atoms with Crippen LogP contribution in [-0.2, 0) is 14.8 Å². The Morgan fingerprint density at radius 3 is 2.29 bits per heavy atom. The number of anilines is 1. The van der Waals surface area contributed by atoms with Gasteiger partial charge in [-0.25, -0.2) is 17.9 Å². The molecule has 1 heterocycles. The Hall–Kier alpha value is -3.08. The van der Waals surface area contributed by atoms with Crippen molar-refractivity contribution in [3.8, 4) is 0 Å². The zero-order valence-electron chi connectivity index (χ0n) is 16.6. The molecule has 0 aliphatic carbocycles. The van der Waals surface area contributed by atoms with Crippen LogP contribution in [0.15, 0.2) is 64.6 Å². The second-order valence-electron chi connectivity index (χ2n) is 7.07. The van der Waals surface area contributed by atoms with Gasteiger partial charge in [-0.15, -0.1) is 0 Å². The first-order chi connectivity index (χ1) is 14.5. The molecule has 31 heavy (non-hydrogen) atoms. The van der Waals surface area contributed by atoms with Gasteiger partial charge in [0.05, 0.1) is 22.7 Å². The Balaban J connectivity index is 1.88. The average molecular weight is 455 g/mol. The largest absolute Gasteiger partial charge is 0.446 e. The molecule has 1 amide bonds. The quantitative estimate of drug-likeness (QED) is 0.723. The molecular formula is C20H20F3N3O4S. The summed E-state index contributed by atoms with van der Waals surface area (Å²) in [5.41, 5.74) is -0.00625. The maximum atomic E-state index is 13.3. The van der Waals surface area contributed by atoms with Crippen molar-refractivity contribution >= 4 is 27.5 Å². The van der Waals surface area contributed by atoms with Gasteiger partial charge in [-0.2, -0.15) is 18.3 Å². The Morgan fingerprint density at radius 1 is 1.13 bits per heavy atom. The van der Waals surface area contributed by atoms with Crippen molar-refractivity contribution < 1.29 is 31.1 Å². The van der Waals surface area contributed by atoms with Crippen molar-refractivity contribution in [2.75, 3.05) is 5.01 Å². The molecule has 0 fully saturated rings. The molecule has 0 spiro atoms. The van der Waals surface area contributed by atoms with Gasteiger partial charge in [0.25, 0.3) is 10.0 Å². The second kappa shape index (κ2) is 8.58. The van der Waals surface area contributed by atoms with Crippen molar-refractivity contribution in [1.29, 1.82) is 0 Å². The molecule has 1 N–H and O–H groups in total. The lowest BCUT2D eigenvalue weighted by Gasteiger charge is -2.24. The third-order valence-electron chi connectivity index (χ3n) is 4.39. The summed E-state index contributed by atoms with van der Waals surface area (Å²) in [6.45, 7) is 3.13. The monoisotopic (exact) mass is 455 g/mol. The molecule has 2 aromatic carbocycles. The number of benzene rings is 2. The van der Waals surface area contributed by atoms with Crippen LogP contribution in [0.3, 0.4) is 0 Å². The van der Waals surface area contributed by atoms with E-state index in [2.05, 4.69) is 5.10 Å². The lowest BCUT2D eigenvalue weighted by atomic mass is 10.0. The van der Waals surface area contributed by atoms with Gasteiger partial charge < -0.3 is 4.74 Å². The van der Waals surface area contributed by atoms with Crippen LogP contribution in [-0.4, -0.2) is 32.5 Å². The summed E-state index contributed by atoms with van der Waals surface area (Å²) in [4.78, 5) is 11.4. The predicted octanol–water partition coefficient (Wildman–Crippen LogP) is 4.38. The van der Waals surface area contributed by atoms with E-state index in [1.54, 1.807) is 48.9 Å². The highest BCUT2D eigenvalue weighted by atomic mass is 32.2. The molecule has 1 atom stereocenters. The smallest absolute Gasteiger partial charge is 0.431 e. The number of sulfonamides is 1. The summed E-state index contributed by atoms with van der Waals surface area (Å²) in [6.07, 6.45) is -6.55.